The third-order valence-corrected chi connectivity index (χ3v) is 9.02. The van der Waals surface area contributed by atoms with Gasteiger partial charge in [0.05, 0.1) is 18.2 Å². The molecule has 0 bridgehead atoms. The Bertz CT molecular complexity index is 1820. The zero-order valence-corrected chi connectivity index (χ0v) is 24.7. The molecule has 2 aromatic carbocycles. The maximum Gasteiger partial charge on any atom is 0.320 e. The summed E-state index contributed by atoms with van der Waals surface area (Å²) in [6.45, 7) is 0.562. The number of fused-ring (bicyclic) bond motifs is 2. The lowest BCUT2D eigenvalue weighted by Crippen LogP contribution is -2.39. The highest BCUT2D eigenvalue weighted by atomic mass is 19.3. The summed E-state index contributed by atoms with van der Waals surface area (Å²) < 4.78 is 57.1. The van der Waals surface area contributed by atoms with Crippen LogP contribution in [0.5, 0.6) is 23.5 Å². The Balaban J connectivity index is 1.35. The van der Waals surface area contributed by atoms with E-state index >= 15 is 0 Å². The van der Waals surface area contributed by atoms with Gasteiger partial charge in [-0.2, -0.15) is 15.0 Å². The highest BCUT2D eigenvalue weighted by Gasteiger charge is 2.43. The summed E-state index contributed by atoms with van der Waals surface area (Å²) in [5.41, 5.74) is 0.832. The molecule has 0 spiro atoms. The number of aromatic nitrogens is 4. The summed E-state index contributed by atoms with van der Waals surface area (Å²) in [5, 5.41) is 21.8. The van der Waals surface area contributed by atoms with Crippen molar-refractivity contribution in [1.29, 1.82) is 0 Å². The number of hydrogen-bond acceptors (Lipinski definition) is 9. The summed E-state index contributed by atoms with van der Waals surface area (Å²) in [6, 6.07) is 5.20. The van der Waals surface area contributed by atoms with Crippen LogP contribution in [-0.2, 0) is 0 Å². The molecule has 13 heteroatoms. The lowest BCUT2D eigenvalue weighted by molar-refractivity contribution is 0.0136. The fourth-order valence-corrected chi connectivity index (χ4v) is 6.56. The van der Waals surface area contributed by atoms with E-state index in [1.165, 1.54) is 24.3 Å². The number of halogens is 3. The highest BCUT2D eigenvalue weighted by molar-refractivity contribution is 5.95. The molecule has 1 aliphatic carbocycles. The van der Waals surface area contributed by atoms with Crippen molar-refractivity contribution in [2.45, 2.75) is 62.6 Å². The second-order valence-electron chi connectivity index (χ2n) is 12.2. The number of phenols is 1. The number of phenolic OH excluding ortho intramolecular Hbond substituents is 1. The van der Waals surface area contributed by atoms with Crippen molar-refractivity contribution in [2.75, 3.05) is 38.2 Å². The molecule has 2 saturated heterocycles. The number of likely N-dealkylation sites (N-methyl/N-ethyl adjacent to an activating group) is 1. The van der Waals surface area contributed by atoms with E-state index in [4.69, 9.17) is 25.9 Å². The van der Waals surface area contributed by atoms with Crippen molar-refractivity contribution in [3.05, 3.63) is 35.6 Å². The van der Waals surface area contributed by atoms with Gasteiger partial charge in [-0.05, 0) is 56.7 Å². The molecule has 3 fully saturated rings. The molecule has 1 unspecified atom stereocenters. The van der Waals surface area contributed by atoms with Gasteiger partial charge in [-0.3, -0.25) is 9.47 Å². The molecule has 7 rings (SSSR count). The number of nitrogens with zero attached hydrogens (tertiary/aromatic N) is 6. The molecule has 2 N–H and O–H groups in total. The number of anilines is 1. The van der Waals surface area contributed by atoms with E-state index in [9.17, 15) is 23.4 Å². The van der Waals surface area contributed by atoms with Gasteiger partial charge in [-0.15, -0.1) is 6.42 Å². The third-order valence-electron chi connectivity index (χ3n) is 9.02. The van der Waals surface area contributed by atoms with Crippen molar-refractivity contribution >= 4 is 27.8 Å². The van der Waals surface area contributed by atoms with Crippen molar-refractivity contribution in [3.63, 3.8) is 0 Å². The number of likely N-dealkylation sites (tertiary alicyclic amines) is 1. The predicted molar refractivity (Wildman–Crippen MR) is 161 cm³/mol. The molecule has 0 radical (unpaired) electrons. The minimum atomic E-state index is -2.80. The summed E-state index contributed by atoms with van der Waals surface area (Å²) in [5.74, 6) is -0.486. The van der Waals surface area contributed by atoms with Crippen LogP contribution < -0.4 is 14.4 Å². The normalized spacial score (nSPS) is 22.1. The van der Waals surface area contributed by atoms with Crippen LogP contribution in [0, 0.1) is 18.2 Å². The van der Waals surface area contributed by atoms with Gasteiger partial charge in [0, 0.05) is 43.0 Å². The number of β-amino-alcohol motifs (C(OH)–C–C–N with tert-alkyl or cyclic N) is 1. The maximum absolute atomic E-state index is 14.8. The van der Waals surface area contributed by atoms with Gasteiger partial charge in [0.15, 0.2) is 11.5 Å². The second-order valence-corrected chi connectivity index (χ2v) is 12.2. The molecule has 236 valence electrons. The summed E-state index contributed by atoms with van der Waals surface area (Å²) in [4.78, 5) is 17.6. The van der Waals surface area contributed by atoms with Gasteiger partial charge >= 0.3 is 12.0 Å². The average Bonchev–Trinajstić information content (AvgIpc) is 3.44. The van der Waals surface area contributed by atoms with E-state index < -0.39 is 23.9 Å². The van der Waals surface area contributed by atoms with Crippen molar-refractivity contribution in [2.24, 2.45) is 0 Å². The number of hydrogen-bond donors (Lipinski definition) is 2. The van der Waals surface area contributed by atoms with Gasteiger partial charge in [-0.25, -0.2) is 13.2 Å². The zero-order chi connectivity index (χ0) is 31.5. The Morgan fingerprint density at radius 3 is 2.64 bits per heavy atom. The SMILES string of the molecule is C#Cc1c(F)ccc2cc(O)cc(Oc3nc4nc(OC[C@@H]5CC(F)(F)CN5C)nc(N5CCCC(O)C5)c4n3C3CCC3)c12. The second kappa shape index (κ2) is 11.3. The average molecular weight is 623 g/mol. The molecule has 4 heterocycles. The molecular formula is C32H33F3N6O4. The predicted octanol–water partition coefficient (Wildman–Crippen LogP) is 5.00. The number of benzene rings is 2. The van der Waals surface area contributed by atoms with Crippen LogP contribution in [0.2, 0.25) is 0 Å². The maximum atomic E-state index is 14.8. The molecule has 45 heavy (non-hydrogen) atoms. The number of imidazole rings is 1. The fraction of sp³-hybridized carbons (Fsp3) is 0.469. The summed E-state index contributed by atoms with van der Waals surface area (Å²) in [6.07, 6.45) is 8.86. The largest absolute Gasteiger partial charge is 0.508 e. The Morgan fingerprint density at radius 2 is 1.96 bits per heavy atom. The van der Waals surface area contributed by atoms with Gasteiger partial charge in [0.25, 0.3) is 5.92 Å². The van der Waals surface area contributed by atoms with Crippen molar-refractivity contribution < 1.29 is 32.9 Å². The molecule has 3 aliphatic rings. The van der Waals surface area contributed by atoms with Crippen LogP contribution in [0.15, 0.2) is 24.3 Å². The highest BCUT2D eigenvalue weighted by Crippen LogP contribution is 2.44. The molecule has 2 atom stereocenters. The number of piperidine rings is 1. The van der Waals surface area contributed by atoms with Gasteiger partial charge in [-0.1, -0.05) is 12.0 Å². The zero-order valence-electron chi connectivity index (χ0n) is 24.7. The minimum absolute atomic E-state index is 0.00406. The number of alkyl halides is 2. The molecule has 0 amide bonds. The van der Waals surface area contributed by atoms with Crippen molar-refractivity contribution in [1.82, 2.24) is 24.4 Å². The van der Waals surface area contributed by atoms with E-state index in [-0.39, 0.29) is 60.3 Å². The molecular weight excluding hydrogens is 589 g/mol. The Hall–Kier alpha value is -4.28. The van der Waals surface area contributed by atoms with Gasteiger partial charge in [0.1, 0.15) is 29.4 Å². The Morgan fingerprint density at radius 1 is 1.13 bits per heavy atom. The van der Waals surface area contributed by atoms with E-state index in [0.29, 0.717) is 41.6 Å². The Labute approximate surface area is 257 Å². The first-order valence-electron chi connectivity index (χ1n) is 15.1. The number of ether oxygens (including phenoxy) is 2. The van der Waals surface area contributed by atoms with Crippen LogP contribution in [0.1, 0.15) is 50.1 Å². The molecule has 2 aromatic heterocycles. The monoisotopic (exact) mass is 622 g/mol. The van der Waals surface area contributed by atoms with E-state index in [1.54, 1.807) is 11.9 Å². The molecule has 2 aliphatic heterocycles. The lowest BCUT2D eigenvalue weighted by Gasteiger charge is -2.33. The lowest BCUT2D eigenvalue weighted by atomic mass is 9.93. The number of aliphatic hydroxyl groups is 1. The summed E-state index contributed by atoms with van der Waals surface area (Å²) in [7, 11) is 1.63. The van der Waals surface area contributed by atoms with Crippen molar-refractivity contribution in [3.8, 4) is 35.9 Å². The standard InChI is InChI=1S/C32H33F3N6O4/c1-3-23-24(33)10-9-18-12-22(43)13-25(26(18)23)45-31-37-28-27(41(31)19-6-4-7-19)29(40-11-5-8-21(42)15-40)38-30(36-28)44-16-20-14-32(34,35)17-39(20)2/h1,9-10,12-13,19-21,42-43H,4-8,11,14-17H2,2H3/t20-,21?/m0/s1. The van der Waals surface area contributed by atoms with Gasteiger partial charge < -0.3 is 24.6 Å². The fourth-order valence-electron chi connectivity index (χ4n) is 6.56. The smallest absolute Gasteiger partial charge is 0.320 e. The number of terminal acetylenes is 1. The number of rotatable bonds is 7. The molecule has 10 nitrogen and oxygen atoms in total. The number of aromatic hydroxyl groups is 1. The minimum Gasteiger partial charge on any atom is -0.508 e. The van der Waals surface area contributed by atoms with Crippen LogP contribution in [0.3, 0.4) is 0 Å². The third kappa shape index (κ3) is 5.46. The van der Waals surface area contributed by atoms with Crippen LogP contribution in [0.4, 0.5) is 19.0 Å². The van der Waals surface area contributed by atoms with E-state index in [0.717, 1.165) is 25.7 Å². The number of aliphatic hydroxyl groups excluding tert-OH is 1. The van der Waals surface area contributed by atoms with E-state index in [1.807, 2.05) is 9.47 Å². The first-order valence-corrected chi connectivity index (χ1v) is 15.1. The Kier molecular flexibility index (Phi) is 7.37. The molecule has 4 aromatic rings. The summed E-state index contributed by atoms with van der Waals surface area (Å²) >= 11 is 0. The first kappa shape index (κ1) is 29.4. The van der Waals surface area contributed by atoms with Crippen LogP contribution >= 0.6 is 0 Å². The molecule has 1 saturated carbocycles. The van der Waals surface area contributed by atoms with E-state index in [2.05, 4.69) is 10.9 Å². The first-order chi connectivity index (χ1) is 21.6. The topological polar surface area (TPSA) is 109 Å². The van der Waals surface area contributed by atoms with Crippen LogP contribution in [-0.4, -0.2) is 86.0 Å². The quantitative estimate of drug-likeness (QED) is 0.275. The van der Waals surface area contributed by atoms with Crippen LogP contribution in [0.25, 0.3) is 21.9 Å². The van der Waals surface area contributed by atoms with Gasteiger partial charge in [0.2, 0.25) is 0 Å².